The lowest BCUT2D eigenvalue weighted by Crippen LogP contribution is -2.19. The lowest BCUT2D eigenvalue weighted by Gasteiger charge is -2.16. The molecule has 2 aromatic rings. The summed E-state index contributed by atoms with van der Waals surface area (Å²) < 4.78 is 12.3. The van der Waals surface area contributed by atoms with Crippen LogP contribution in [0.1, 0.15) is 12.6 Å². The molecule has 3 heterocycles. The van der Waals surface area contributed by atoms with Gasteiger partial charge in [0.1, 0.15) is 12.4 Å². The Morgan fingerprint density at radius 3 is 3.00 bits per heavy atom. The van der Waals surface area contributed by atoms with E-state index in [4.69, 9.17) is 14.6 Å². The summed E-state index contributed by atoms with van der Waals surface area (Å²) >= 11 is 0. The quantitative estimate of drug-likeness (QED) is 0.770. The van der Waals surface area contributed by atoms with Gasteiger partial charge in [0.25, 0.3) is 0 Å². The fourth-order valence-corrected chi connectivity index (χ4v) is 2.26. The molecule has 2 N–H and O–H groups in total. The molecule has 0 aromatic carbocycles. The van der Waals surface area contributed by atoms with Crippen molar-refractivity contribution < 1.29 is 19.7 Å². The number of nitrogens with zero attached hydrogens (tertiary/aromatic N) is 4. The molecule has 3 rings (SSSR count). The molecule has 0 radical (unpaired) electrons. The van der Waals surface area contributed by atoms with E-state index in [0.29, 0.717) is 23.5 Å². The fraction of sp³-hybridized carbons (Fsp3) is 0.545. The summed E-state index contributed by atoms with van der Waals surface area (Å²) in [5, 5.41) is 19.1. The number of hydrogen-bond donors (Lipinski definition) is 2. The number of hydrogen-bond acceptors (Lipinski definition) is 7. The average Bonchev–Trinajstić information content (AvgIpc) is 3.01. The van der Waals surface area contributed by atoms with Gasteiger partial charge < -0.3 is 19.7 Å². The second-order valence-electron chi connectivity index (χ2n) is 4.34. The van der Waals surface area contributed by atoms with E-state index in [0.717, 1.165) is 0 Å². The minimum Gasteiger partial charge on any atom is -0.479 e. The molecule has 0 saturated carbocycles. The largest absolute Gasteiger partial charge is 0.479 e. The van der Waals surface area contributed by atoms with Gasteiger partial charge in [-0.25, -0.2) is 9.97 Å². The van der Waals surface area contributed by atoms with Crippen molar-refractivity contribution in [2.24, 2.45) is 0 Å². The van der Waals surface area contributed by atoms with Crippen molar-refractivity contribution in [3.63, 3.8) is 0 Å². The standard InChI is InChI=1S/C11H14N4O4/c1-18-10-8-9(12-4-13-10)15(5-14-8)11-7(17)2-6(3-16)19-11/h4-7,11,16-17H,2-3H2,1H3. The van der Waals surface area contributed by atoms with Crippen molar-refractivity contribution in [1.82, 2.24) is 19.5 Å². The topological polar surface area (TPSA) is 103 Å². The molecule has 2 aromatic heterocycles. The number of aliphatic hydroxyl groups is 2. The molecule has 0 spiro atoms. The third-order valence-electron chi connectivity index (χ3n) is 3.16. The van der Waals surface area contributed by atoms with E-state index in [1.807, 2.05) is 0 Å². The van der Waals surface area contributed by atoms with Gasteiger partial charge in [-0.05, 0) is 0 Å². The van der Waals surface area contributed by atoms with E-state index in [9.17, 15) is 5.11 Å². The summed E-state index contributed by atoms with van der Waals surface area (Å²) in [6.07, 6.45) is 1.57. The van der Waals surface area contributed by atoms with Crippen LogP contribution in [0.3, 0.4) is 0 Å². The van der Waals surface area contributed by atoms with E-state index in [-0.39, 0.29) is 12.7 Å². The molecule has 19 heavy (non-hydrogen) atoms. The summed E-state index contributed by atoms with van der Waals surface area (Å²) in [5.41, 5.74) is 1.03. The summed E-state index contributed by atoms with van der Waals surface area (Å²) in [7, 11) is 1.50. The molecule has 1 aliphatic heterocycles. The monoisotopic (exact) mass is 266 g/mol. The van der Waals surface area contributed by atoms with Crippen LogP contribution < -0.4 is 4.74 Å². The highest BCUT2D eigenvalue weighted by Crippen LogP contribution is 2.31. The van der Waals surface area contributed by atoms with Crippen LogP contribution in [0.25, 0.3) is 11.2 Å². The first-order chi connectivity index (χ1) is 9.24. The normalized spacial score (nSPS) is 27.0. The minimum atomic E-state index is -0.712. The molecule has 1 aliphatic rings. The Morgan fingerprint density at radius 2 is 2.32 bits per heavy atom. The van der Waals surface area contributed by atoms with Crippen LogP contribution in [0.5, 0.6) is 5.88 Å². The van der Waals surface area contributed by atoms with Crippen LogP contribution in [-0.4, -0.2) is 55.7 Å². The Bertz CT molecular complexity index is 587. The predicted octanol–water partition coefficient (Wildman–Crippen LogP) is -0.524. The Hall–Kier alpha value is -1.77. The third kappa shape index (κ3) is 1.93. The van der Waals surface area contributed by atoms with Gasteiger partial charge in [0, 0.05) is 6.42 Å². The van der Waals surface area contributed by atoms with Crippen molar-refractivity contribution in [3.05, 3.63) is 12.7 Å². The van der Waals surface area contributed by atoms with Crippen molar-refractivity contribution in [3.8, 4) is 5.88 Å². The highest BCUT2D eigenvalue weighted by atomic mass is 16.5. The molecule has 0 aliphatic carbocycles. The van der Waals surface area contributed by atoms with Crippen LogP contribution in [0.15, 0.2) is 12.7 Å². The Labute approximate surface area is 108 Å². The van der Waals surface area contributed by atoms with Crippen LogP contribution >= 0.6 is 0 Å². The summed E-state index contributed by atoms with van der Waals surface area (Å²) in [6, 6.07) is 0. The molecule has 1 saturated heterocycles. The molecule has 8 heteroatoms. The molecule has 0 bridgehead atoms. The molecular weight excluding hydrogens is 252 g/mol. The lowest BCUT2D eigenvalue weighted by atomic mass is 10.2. The number of fused-ring (bicyclic) bond motifs is 1. The number of aromatic nitrogens is 4. The highest BCUT2D eigenvalue weighted by molar-refractivity contribution is 5.75. The third-order valence-corrected chi connectivity index (χ3v) is 3.16. The summed E-state index contributed by atoms with van der Waals surface area (Å²) in [5.74, 6) is 0.370. The first-order valence-electron chi connectivity index (χ1n) is 5.90. The zero-order chi connectivity index (χ0) is 13.4. The van der Waals surface area contributed by atoms with Gasteiger partial charge in [0.2, 0.25) is 5.88 Å². The number of aliphatic hydroxyl groups excluding tert-OH is 2. The van der Waals surface area contributed by atoms with Gasteiger partial charge in [-0.15, -0.1) is 0 Å². The van der Waals surface area contributed by atoms with E-state index in [1.165, 1.54) is 19.8 Å². The van der Waals surface area contributed by atoms with Gasteiger partial charge >= 0.3 is 0 Å². The summed E-state index contributed by atoms with van der Waals surface area (Å²) in [4.78, 5) is 12.3. The van der Waals surface area contributed by atoms with Crippen molar-refractivity contribution >= 4 is 11.2 Å². The molecular formula is C11H14N4O4. The van der Waals surface area contributed by atoms with Gasteiger partial charge in [-0.2, -0.15) is 4.98 Å². The van der Waals surface area contributed by atoms with Gasteiger partial charge in [0.15, 0.2) is 17.4 Å². The summed E-state index contributed by atoms with van der Waals surface area (Å²) in [6.45, 7) is -0.126. The second kappa shape index (κ2) is 4.72. The number of methoxy groups -OCH3 is 1. The molecule has 0 amide bonds. The van der Waals surface area contributed by atoms with Crippen LogP contribution in [0, 0.1) is 0 Å². The van der Waals surface area contributed by atoms with Crippen LogP contribution in [-0.2, 0) is 4.74 Å². The Balaban J connectivity index is 2.02. The smallest absolute Gasteiger partial charge is 0.245 e. The van der Waals surface area contributed by atoms with Crippen LogP contribution in [0.4, 0.5) is 0 Å². The lowest BCUT2D eigenvalue weighted by molar-refractivity contribution is -0.0486. The average molecular weight is 266 g/mol. The van der Waals surface area contributed by atoms with E-state index in [2.05, 4.69) is 15.0 Å². The predicted molar refractivity (Wildman–Crippen MR) is 63.5 cm³/mol. The molecule has 102 valence electrons. The number of imidazole rings is 1. The first kappa shape index (κ1) is 12.3. The van der Waals surface area contributed by atoms with Gasteiger partial charge in [0.05, 0.1) is 26.1 Å². The van der Waals surface area contributed by atoms with E-state index >= 15 is 0 Å². The maximum absolute atomic E-state index is 9.99. The van der Waals surface area contributed by atoms with Crippen LogP contribution in [0.2, 0.25) is 0 Å². The van der Waals surface area contributed by atoms with E-state index in [1.54, 1.807) is 4.57 Å². The van der Waals surface area contributed by atoms with Gasteiger partial charge in [-0.1, -0.05) is 0 Å². The number of ether oxygens (including phenoxy) is 2. The van der Waals surface area contributed by atoms with Gasteiger partial charge in [-0.3, -0.25) is 4.57 Å². The van der Waals surface area contributed by atoms with Crippen molar-refractivity contribution in [2.45, 2.75) is 24.9 Å². The number of rotatable bonds is 3. The maximum atomic E-state index is 9.99. The van der Waals surface area contributed by atoms with Crippen molar-refractivity contribution in [2.75, 3.05) is 13.7 Å². The molecule has 3 unspecified atom stereocenters. The minimum absolute atomic E-state index is 0.126. The SMILES string of the molecule is COc1ncnc2c1ncn2C1OC(CO)CC1O. The molecule has 1 fully saturated rings. The van der Waals surface area contributed by atoms with Crippen molar-refractivity contribution in [1.29, 1.82) is 0 Å². The molecule has 8 nitrogen and oxygen atoms in total. The fourth-order valence-electron chi connectivity index (χ4n) is 2.26. The Morgan fingerprint density at radius 1 is 1.47 bits per heavy atom. The second-order valence-corrected chi connectivity index (χ2v) is 4.34. The zero-order valence-corrected chi connectivity index (χ0v) is 10.3. The Kier molecular flexibility index (Phi) is 3.05. The first-order valence-corrected chi connectivity index (χ1v) is 5.90. The van der Waals surface area contributed by atoms with E-state index < -0.39 is 12.3 Å². The highest BCUT2D eigenvalue weighted by Gasteiger charge is 2.36. The zero-order valence-electron chi connectivity index (χ0n) is 10.3. The maximum Gasteiger partial charge on any atom is 0.245 e. The molecule has 3 atom stereocenters.